The van der Waals surface area contributed by atoms with E-state index in [1.54, 1.807) is 16.9 Å². The Labute approximate surface area is 98.9 Å². The third-order valence-electron chi connectivity index (χ3n) is 2.60. The molecule has 92 valence electrons. The van der Waals surface area contributed by atoms with Crippen molar-refractivity contribution in [3.63, 3.8) is 0 Å². The van der Waals surface area contributed by atoms with Crippen LogP contribution in [0.5, 0.6) is 0 Å². The van der Waals surface area contributed by atoms with E-state index in [2.05, 4.69) is 25.8 Å². The summed E-state index contributed by atoms with van der Waals surface area (Å²) in [7, 11) is 0. The summed E-state index contributed by atoms with van der Waals surface area (Å²) >= 11 is 0. The quantitative estimate of drug-likeness (QED) is 0.703. The number of nitrogens with one attached hydrogen (secondary N) is 1. The topological polar surface area (TPSA) is 88.2 Å². The number of rotatable bonds is 6. The van der Waals surface area contributed by atoms with Crippen LogP contribution in [0, 0.1) is 5.92 Å². The van der Waals surface area contributed by atoms with E-state index in [4.69, 9.17) is 5.11 Å². The van der Waals surface area contributed by atoms with Crippen LogP contribution in [0.15, 0.2) is 12.4 Å². The molecule has 2 aromatic rings. The lowest BCUT2D eigenvalue weighted by Crippen LogP contribution is -2.09. The number of aliphatic hydroxyl groups excluding tert-OH is 1. The van der Waals surface area contributed by atoms with Crippen molar-refractivity contribution in [2.45, 2.75) is 19.8 Å². The molecule has 0 bridgehead atoms. The molecule has 2 heterocycles. The van der Waals surface area contributed by atoms with Crippen molar-refractivity contribution in [3.05, 3.63) is 12.4 Å². The first kappa shape index (κ1) is 11.7. The highest BCUT2D eigenvalue weighted by atomic mass is 16.3. The Morgan fingerprint density at radius 2 is 2.35 bits per heavy atom. The molecule has 0 amide bonds. The molecular formula is C10H16N6O. The van der Waals surface area contributed by atoms with Crippen LogP contribution in [0.1, 0.15) is 19.8 Å². The van der Waals surface area contributed by atoms with Crippen molar-refractivity contribution in [3.8, 4) is 0 Å². The van der Waals surface area contributed by atoms with Crippen LogP contribution >= 0.6 is 0 Å². The van der Waals surface area contributed by atoms with E-state index in [1.807, 2.05) is 6.92 Å². The molecule has 0 fully saturated rings. The minimum atomic E-state index is 0.240. The summed E-state index contributed by atoms with van der Waals surface area (Å²) in [5.41, 5.74) is 0.624. The first-order valence-electron chi connectivity index (χ1n) is 5.68. The lowest BCUT2D eigenvalue weighted by molar-refractivity contribution is 0.229. The van der Waals surface area contributed by atoms with Gasteiger partial charge < -0.3 is 10.4 Å². The molecule has 0 aliphatic heterocycles. The zero-order valence-corrected chi connectivity index (χ0v) is 9.74. The maximum Gasteiger partial charge on any atom is 0.199 e. The second kappa shape index (κ2) is 5.53. The van der Waals surface area contributed by atoms with Gasteiger partial charge in [0.05, 0.1) is 12.4 Å². The average Bonchev–Trinajstić information content (AvgIpc) is 2.83. The van der Waals surface area contributed by atoms with Gasteiger partial charge in [0.25, 0.3) is 0 Å². The largest absolute Gasteiger partial charge is 0.396 e. The summed E-state index contributed by atoms with van der Waals surface area (Å²) in [4.78, 5) is 4.05. The van der Waals surface area contributed by atoms with Gasteiger partial charge in [-0.05, 0) is 29.2 Å². The molecule has 0 saturated heterocycles. The van der Waals surface area contributed by atoms with Gasteiger partial charge in [0, 0.05) is 13.2 Å². The van der Waals surface area contributed by atoms with Crippen LogP contribution in [0.3, 0.4) is 0 Å². The van der Waals surface area contributed by atoms with E-state index in [1.165, 1.54) is 0 Å². The lowest BCUT2D eigenvalue weighted by atomic mass is 10.1. The highest BCUT2D eigenvalue weighted by molar-refractivity contribution is 5.43. The van der Waals surface area contributed by atoms with E-state index in [0.29, 0.717) is 11.6 Å². The third-order valence-corrected chi connectivity index (χ3v) is 2.60. The molecule has 1 atom stereocenters. The van der Waals surface area contributed by atoms with Crippen molar-refractivity contribution < 1.29 is 5.11 Å². The number of tetrazole rings is 1. The summed E-state index contributed by atoms with van der Waals surface area (Å²) in [5.74, 6) is 1.13. The van der Waals surface area contributed by atoms with Gasteiger partial charge in [0.15, 0.2) is 5.65 Å². The van der Waals surface area contributed by atoms with Crippen LogP contribution in [-0.4, -0.2) is 43.3 Å². The molecule has 2 rings (SSSR count). The zero-order valence-electron chi connectivity index (χ0n) is 9.74. The maximum absolute atomic E-state index is 8.90. The number of fused-ring (bicyclic) bond motifs is 1. The highest BCUT2D eigenvalue weighted by Gasteiger charge is 2.03. The minimum Gasteiger partial charge on any atom is -0.396 e. The summed E-state index contributed by atoms with van der Waals surface area (Å²) in [5, 5.41) is 23.4. The van der Waals surface area contributed by atoms with Crippen LogP contribution in [0.4, 0.5) is 5.82 Å². The van der Waals surface area contributed by atoms with Gasteiger partial charge in [0.2, 0.25) is 0 Å². The Balaban J connectivity index is 1.88. The number of nitrogens with zero attached hydrogens (tertiary/aromatic N) is 5. The fourth-order valence-electron chi connectivity index (χ4n) is 1.55. The molecule has 0 saturated carbocycles. The van der Waals surface area contributed by atoms with Crippen molar-refractivity contribution in [2.75, 3.05) is 18.5 Å². The fourth-order valence-corrected chi connectivity index (χ4v) is 1.55. The Morgan fingerprint density at radius 3 is 3.18 bits per heavy atom. The second-order valence-corrected chi connectivity index (χ2v) is 4.10. The molecule has 0 spiro atoms. The third kappa shape index (κ3) is 2.88. The van der Waals surface area contributed by atoms with Gasteiger partial charge in [-0.3, -0.25) is 4.98 Å². The Hall–Kier alpha value is -1.76. The SMILES string of the molecule is CC(CO)CCCNc1cncc2nnnn12. The van der Waals surface area contributed by atoms with Gasteiger partial charge in [-0.1, -0.05) is 6.92 Å². The number of aliphatic hydroxyl groups is 1. The van der Waals surface area contributed by atoms with Gasteiger partial charge >= 0.3 is 0 Å². The first-order chi connectivity index (χ1) is 8.31. The Kier molecular flexibility index (Phi) is 3.81. The number of hydrogen-bond acceptors (Lipinski definition) is 6. The van der Waals surface area contributed by atoms with E-state index in [0.717, 1.165) is 25.2 Å². The van der Waals surface area contributed by atoms with Crippen LogP contribution in [0.25, 0.3) is 5.65 Å². The standard InChI is InChI=1S/C10H16N6O/c1-8(7-17)3-2-4-12-9-5-11-6-10-13-14-15-16(9)10/h5-6,8,12,17H,2-4,7H2,1H3. The molecule has 0 radical (unpaired) electrons. The molecule has 0 aliphatic carbocycles. The van der Waals surface area contributed by atoms with Crippen LogP contribution in [0.2, 0.25) is 0 Å². The van der Waals surface area contributed by atoms with E-state index < -0.39 is 0 Å². The monoisotopic (exact) mass is 236 g/mol. The van der Waals surface area contributed by atoms with Gasteiger partial charge in [-0.25, -0.2) is 0 Å². The van der Waals surface area contributed by atoms with E-state index in [-0.39, 0.29) is 6.61 Å². The van der Waals surface area contributed by atoms with Crippen molar-refractivity contribution >= 4 is 11.5 Å². The maximum atomic E-state index is 8.90. The van der Waals surface area contributed by atoms with Crippen molar-refractivity contribution in [1.82, 2.24) is 25.0 Å². The number of hydrogen-bond donors (Lipinski definition) is 2. The molecule has 7 nitrogen and oxygen atoms in total. The predicted molar refractivity (Wildman–Crippen MR) is 62.6 cm³/mol. The van der Waals surface area contributed by atoms with E-state index >= 15 is 0 Å². The van der Waals surface area contributed by atoms with Crippen molar-refractivity contribution in [1.29, 1.82) is 0 Å². The van der Waals surface area contributed by atoms with Gasteiger partial charge in [-0.15, -0.1) is 5.10 Å². The molecule has 2 aromatic heterocycles. The average molecular weight is 236 g/mol. The van der Waals surface area contributed by atoms with Crippen LogP contribution < -0.4 is 5.32 Å². The molecule has 7 heteroatoms. The molecule has 0 aromatic carbocycles. The predicted octanol–water partition coefficient (Wildman–Crippen LogP) is 0.340. The molecular weight excluding hydrogens is 220 g/mol. The Bertz CT molecular complexity index is 471. The number of aromatic nitrogens is 5. The van der Waals surface area contributed by atoms with Gasteiger partial charge in [0.1, 0.15) is 5.82 Å². The summed E-state index contributed by atoms with van der Waals surface area (Å²) in [6.07, 6.45) is 5.28. The van der Waals surface area contributed by atoms with Crippen molar-refractivity contribution in [2.24, 2.45) is 5.92 Å². The second-order valence-electron chi connectivity index (χ2n) is 4.10. The molecule has 17 heavy (non-hydrogen) atoms. The summed E-state index contributed by atoms with van der Waals surface area (Å²) < 4.78 is 1.61. The smallest absolute Gasteiger partial charge is 0.199 e. The highest BCUT2D eigenvalue weighted by Crippen LogP contribution is 2.08. The number of anilines is 1. The zero-order chi connectivity index (χ0) is 12.1. The lowest BCUT2D eigenvalue weighted by Gasteiger charge is -2.09. The molecule has 2 N–H and O–H groups in total. The van der Waals surface area contributed by atoms with Gasteiger partial charge in [-0.2, -0.15) is 4.52 Å². The fraction of sp³-hybridized carbons (Fsp3) is 0.600. The minimum absolute atomic E-state index is 0.240. The van der Waals surface area contributed by atoms with E-state index in [9.17, 15) is 0 Å². The normalized spacial score (nSPS) is 12.8. The summed E-state index contributed by atoms with van der Waals surface area (Å²) in [6, 6.07) is 0. The molecule has 1 unspecified atom stereocenters. The Morgan fingerprint density at radius 1 is 1.47 bits per heavy atom. The first-order valence-corrected chi connectivity index (χ1v) is 5.68. The van der Waals surface area contributed by atoms with Crippen LogP contribution in [-0.2, 0) is 0 Å². The summed E-state index contributed by atoms with van der Waals surface area (Å²) in [6.45, 7) is 3.08. The molecule has 0 aliphatic rings.